The highest BCUT2D eigenvalue weighted by Gasteiger charge is 2.08. The van der Waals surface area contributed by atoms with Crippen molar-refractivity contribution in [1.29, 1.82) is 0 Å². The van der Waals surface area contributed by atoms with E-state index in [1.807, 2.05) is 55.5 Å². The molecule has 2 rings (SSSR count). The molecule has 2 N–H and O–H groups in total. The Balaban J connectivity index is 1.83. The lowest BCUT2D eigenvalue weighted by molar-refractivity contribution is -0.115. The van der Waals surface area contributed by atoms with Crippen molar-refractivity contribution in [1.82, 2.24) is 5.32 Å². The first kappa shape index (κ1) is 16.2. The lowest BCUT2D eigenvalue weighted by atomic mass is 10.1. The van der Waals surface area contributed by atoms with E-state index in [2.05, 4.69) is 42.5 Å². The zero-order chi connectivity index (χ0) is 15.2. The van der Waals surface area contributed by atoms with E-state index in [4.69, 9.17) is 0 Å². The Morgan fingerprint density at radius 2 is 1.52 bits per heavy atom. The van der Waals surface area contributed by atoms with Crippen LogP contribution in [0.4, 0.5) is 5.69 Å². The maximum absolute atomic E-state index is 11.9. The number of amides is 1. The fraction of sp³-hybridized carbons (Fsp3) is 0.188. The number of carbonyl (C=O) groups excluding carboxylic acids is 1. The van der Waals surface area contributed by atoms with Crippen LogP contribution in [0.15, 0.2) is 57.5 Å². The van der Waals surface area contributed by atoms with Gasteiger partial charge in [-0.3, -0.25) is 4.79 Å². The van der Waals surface area contributed by atoms with Crippen molar-refractivity contribution in [2.45, 2.75) is 13.0 Å². The average Bonchev–Trinajstić information content (AvgIpc) is 2.48. The lowest BCUT2D eigenvalue weighted by Gasteiger charge is -2.14. The van der Waals surface area contributed by atoms with Gasteiger partial charge in [-0.05, 0) is 48.9 Å². The number of carbonyl (C=O) groups is 1. The zero-order valence-electron chi connectivity index (χ0n) is 11.6. The van der Waals surface area contributed by atoms with Crippen LogP contribution in [0.2, 0.25) is 0 Å². The zero-order valence-corrected chi connectivity index (χ0v) is 14.7. The molecule has 0 aromatic heterocycles. The monoisotopic (exact) mass is 410 g/mol. The molecule has 0 radical (unpaired) electrons. The van der Waals surface area contributed by atoms with Gasteiger partial charge >= 0.3 is 0 Å². The fourth-order valence-corrected chi connectivity index (χ4v) is 2.38. The Morgan fingerprint density at radius 1 is 1.00 bits per heavy atom. The van der Waals surface area contributed by atoms with Crippen molar-refractivity contribution in [3.63, 3.8) is 0 Å². The molecule has 0 spiro atoms. The van der Waals surface area contributed by atoms with Gasteiger partial charge in [-0.1, -0.05) is 44.0 Å². The van der Waals surface area contributed by atoms with Gasteiger partial charge in [-0.25, -0.2) is 0 Å². The second-order valence-corrected chi connectivity index (χ2v) is 6.54. The largest absolute Gasteiger partial charge is 0.325 e. The second-order valence-electron chi connectivity index (χ2n) is 4.71. The summed E-state index contributed by atoms with van der Waals surface area (Å²) in [6, 6.07) is 15.7. The smallest absolute Gasteiger partial charge is 0.238 e. The fourth-order valence-electron chi connectivity index (χ4n) is 1.85. The summed E-state index contributed by atoms with van der Waals surface area (Å²) in [5, 5.41) is 6.07. The normalized spacial score (nSPS) is 12.0. The first-order valence-corrected chi connectivity index (χ1v) is 8.17. The summed E-state index contributed by atoms with van der Waals surface area (Å²) in [4.78, 5) is 11.9. The number of halogens is 2. The number of hydrogen-bond acceptors (Lipinski definition) is 2. The van der Waals surface area contributed by atoms with Crippen LogP contribution in [0.3, 0.4) is 0 Å². The number of nitrogens with one attached hydrogen (secondary N) is 2. The minimum Gasteiger partial charge on any atom is -0.325 e. The molecule has 0 aliphatic rings. The van der Waals surface area contributed by atoms with Crippen LogP contribution in [0, 0.1) is 0 Å². The molecule has 5 heteroatoms. The summed E-state index contributed by atoms with van der Waals surface area (Å²) in [5.74, 6) is -0.0544. The van der Waals surface area contributed by atoms with Crippen LogP contribution < -0.4 is 10.6 Å². The van der Waals surface area contributed by atoms with Crippen LogP contribution >= 0.6 is 31.9 Å². The van der Waals surface area contributed by atoms with Crippen molar-refractivity contribution in [3.05, 3.63) is 63.0 Å². The Morgan fingerprint density at radius 3 is 2.10 bits per heavy atom. The van der Waals surface area contributed by atoms with Gasteiger partial charge < -0.3 is 10.6 Å². The molecule has 110 valence electrons. The molecule has 2 aromatic carbocycles. The third kappa shape index (κ3) is 5.26. The van der Waals surface area contributed by atoms with Crippen molar-refractivity contribution in [2.75, 3.05) is 11.9 Å². The Kier molecular flexibility index (Phi) is 5.96. The Bertz CT molecular complexity index is 597. The standard InChI is InChI=1S/C16H16Br2N2O/c1-11(12-2-4-13(17)5-3-12)19-10-16(21)20-15-8-6-14(18)7-9-15/h2-9,11,19H,10H2,1H3,(H,20,21). The van der Waals surface area contributed by atoms with Gasteiger partial charge in [0.05, 0.1) is 6.54 Å². The molecule has 0 heterocycles. The summed E-state index contributed by atoms with van der Waals surface area (Å²) in [6.45, 7) is 2.31. The van der Waals surface area contributed by atoms with Gasteiger partial charge in [0.1, 0.15) is 0 Å². The topological polar surface area (TPSA) is 41.1 Å². The summed E-state index contributed by atoms with van der Waals surface area (Å²) < 4.78 is 2.04. The summed E-state index contributed by atoms with van der Waals surface area (Å²) in [5.41, 5.74) is 1.94. The molecular formula is C16H16Br2N2O. The van der Waals surface area contributed by atoms with Crippen molar-refractivity contribution < 1.29 is 4.79 Å². The van der Waals surface area contributed by atoms with Crippen LogP contribution in [0.1, 0.15) is 18.5 Å². The van der Waals surface area contributed by atoms with Crippen LogP contribution in [-0.4, -0.2) is 12.5 Å². The third-order valence-electron chi connectivity index (χ3n) is 3.07. The van der Waals surface area contributed by atoms with E-state index in [-0.39, 0.29) is 18.5 Å². The van der Waals surface area contributed by atoms with E-state index in [0.29, 0.717) is 0 Å². The van der Waals surface area contributed by atoms with Gasteiger partial charge in [-0.2, -0.15) is 0 Å². The van der Waals surface area contributed by atoms with Crippen LogP contribution in [0.5, 0.6) is 0 Å². The molecule has 3 nitrogen and oxygen atoms in total. The first-order valence-electron chi connectivity index (χ1n) is 6.59. The molecule has 1 amide bonds. The summed E-state index contributed by atoms with van der Waals surface area (Å²) in [7, 11) is 0. The van der Waals surface area contributed by atoms with Crippen LogP contribution in [0.25, 0.3) is 0 Å². The van der Waals surface area contributed by atoms with Gasteiger partial charge in [-0.15, -0.1) is 0 Å². The molecule has 0 saturated heterocycles. The first-order chi connectivity index (χ1) is 10.0. The molecule has 2 aromatic rings. The molecular weight excluding hydrogens is 396 g/mol. The predicted molar refractivity (Wildman–Crippen MR) is 93.3 cm³/mol. The SMILES string of the molecule is CC(NCC(=O)Nc1ccc(Br)cc1)c1ccc(Br)cc1. The molecule has 0 saturated carbocycles. The van der Waals surface area contributed by atoms with Crippen molar-refractivity contribution in [2.24, 2.45) is 0 Å². The van der Waals surface area contributed by atoms with Crippen molar-refractivity contribution >= 4 is 43.5 Å². The summed E-state index contributed by atoms with van der Waals surface area (Å²) in [6.07, 6.45) is 0. The van der Waals surface area contributed by atoms with Gasteiger partial charge in [0.2, 0.25) is 5.91 Å². The molecule has 0 aliphatic heterocycles. The Labute approximate surface area is 141 Å². The maximum Gasteiger partial charge on any atom is 0.238 e. The molecule has 0 aliphatic carbocycles. The van der Waals surface area contributed by atoms with E-state index >= 15 is 0 Å². The van der Waals surface area contributed by atoms with Gasteiger partial charge in [0, 0.05) is 20.7 Å². The van der Waals surface area contributed by atoms with E-state index in [1.165, 1.54) is 0 Å². The number of rotatable bonds is 5. The van der Waals surface area contributed by atoms with E-state index in [1.54, 1.807) is 0 Å². The molecule has 21 heavy (non-hydrogen) atoms. The number of anilines is 1. The van der Waals surface area contributed by atoms with Gasteiger partial charge in [0.15, 0.2) is 0 Å². The highest BCUT2D eigenvalue weighted by atomic mass is 79.9. The minimum absolute atomic E-state index is 0.0544. The van der Waals surface area contributed by atoms with Crippen LogP contribution in [-0.2, 0) is 4.79 Å². The second kappa shape index (κ2) is 7.73. The van der Waals surface area contributed by atoms with E-state index in [9.17, 15) is 4.79 Å². The molecule has 1 atom stereocenters. The highest BCUT2D eigenvalue weighted by Crippen LogP contribution is 2.16. The van der Waals surface area contributed by atoms with Crippen molar-refractivity contribution in [3.8, 4) is 0 Å². The third-order valence-corrected chi connectivity index (χ3v) is 4.12. The van der Waals surface area contributed by atoms with Gasteiger partial charge in [0.25, 0.3) is 0 Å². The van der Waals surface area contributed by atoms with E-state index in [0.717, 1.165) is 20.2 Å². The molecule has 0 bridgehead atoms. The molecule has 1 unspecified atom stereocenters. The molecule has 0 fully saturated rings. The Hall–Kier alpha value is -1.17. The summed E-state index contributed by atoms with van der Waals surface area (Å²) >= 11 is 6.78. The quantitative estimate of drug-likeness (QED) is 0.760. The maximum atomic E-state index is 11.9. The lowest BCUT2D eigenvalue weighted by Crippen LogP contribution is -2.30. The van der Waals surface area contributed by atoms with E-state index < -0.39 is 0 Å². The highest BCUT2D eigenvalue weighted by molar-refractivity contribution is 9.10. The minimum atomic E-state index is -0.0544. The number of benzene rings is 2. The average molecular weight is 412 g/mol. The predicted octanol–water partition coefficient (Wildman–Crippen LogP) is 4.50. The number of hydrogen-bond donors (Lipinski definition) is 2.